The van der Waals surface area contributed by atoms with Gasteiger partial charge in [0.25, 0.3) is 6.43 Å². The Morgan fingerprint density at radius 2 is 2.16 bits per heavy atom. The Balaban J connectivity index is 2.19. The van der Waals surface area contributed by atoms with E-state index in [1.165, 1.54) is 4.90 Å². The Morgan fingerprint density at radius 1 is 1.53 bits per heavy atom. The Kier molecular flexibility index (Phi) is 3.45. The van der Waals surface area contributed by atoms with Gasteiger partial charge >= 0.3 is 5.97 Å². The number of carboxylic acid groups (broad SMARTS) is 1. The van der Waals surface area contributed by atoms with Crippen molar-refractivity contribution in [3.63, 3.8) is 0 Å². The summed E-state index contributed by atoms with van der Waals surface area (Å²) in [4.78, 5) is 24.0. The molecule has 0 saturated heterocycles. The molecule has 0 atom stereocenters. The molecule has 0 aromatic carbocycles. The number of aromatic carboxylic acids is 1. The summed E-state index contributed by atoms with van der Waals surface area (Å²) in [6.07, 6.45) is -1.27. The third-order valence-electron chi connectivity index (χ3n) is 2.96. The third kappa shape index (κ3) is 2.69. The van der Waals surface area contributed by atoms with Crippen LogP contribution in [0.5, 0.6) is 0 Å². The van der Waals surface area contributed by atoms with Gasteiger partial charge in [0.1, 0.15) is 12.2 Å². The standard InChI is InChI=1S/C10H12F2N4O3/c1-15(5-2-3-5)6(17)4-16-8(9(11)12)7(10(18)19)13-14-16/h5,9H,2-4H2,1H3,(H,18,19). The number of hydrogen-bond donors (Lipinski definition) is 1. The van der Waals surface area contributed by atoms with Crippen molar-refractivity contribution in [2.24, 2.45) is 0 Å². The second kappa shape index (κ2) is 4.90. The lowest BCUT2D eigenvalue weighted by Gasteiger charge is -2.16. The molecule has 1 amide bonds. The summed E-state index contributed by atoms with van der Waals surface area (Å²) in [6.45, 7) is -0.438. The molecule has 9 heteroatoms. The Morgan fingerprint density at radius 3 is 2.63 bits per heavy atom. The molecular formula is C10H12F2N4O3. The number of hydrogen-bond acceptors (Lipinski definition) is 4. The summed E-state index contributed by atoms with van der Waals surface area (Å²) in [5, 5.41) is 15.2. The van der Waals surface area contributed by atoms with Crippen molar-refractivity contribution in [2.45, 2.75) is 31.9 Å². The minimum atomic E-state index is -3.06. The highest BCUT2D eigenvalue weighted by atomic mass is 19.3. The van der Waals surface area contributed by atoms with Gasteiger partial charge < -0.3 is 10.0 Å². The van der Waals surface area contributed by atoms with Crippen LogP contribution in [0.2, 0.25) is 0 Å². The number of rotatable bonds is 5. The second-order valence-electron chi connectivity index (χ2n) is 4.32. The van der Waals surface area contributed by atoms with Crippen LogP contribution >= 0.6 is 0 Å². The number of alkyl halides is 2. The van der Waals surface area contributed by atoms with Crippen LogP contribution in [0.4, 0.5) is 8.78 Å². The fourth-order valence-electron chi connectivity index (χ4n) is 1.71. The van der Waals surface area contributed by atoms with Gasteiger partial charge in [-0.3, -0.25) is 4.79 Å². The minimum absolute atomic E-state index is 0.143. The molecule has 1 aliphatic carbocycles. The first-order valence-corrected chi connectivity index (χ1v) is 5.62. The Bertz CT molecular complexity index is 513. The molecule has 1 aromatic rings. The van der Waals surface area contributed by atoms with Gasteiger partial charge in [-0.25, -0.2) is 18.3 Å². The van der Waals surface area contributed by atoms with Crippen molar-refractivity contribution in [3.8, 4) is 0 Å². The smallest absolute Gasteiger partial charge is 0.358 e. The summed E-state index contributed by atoms with van der Waals surface area (Å²) < 4.78 is 26.3. The maximum absolute atomic E-state index is 12.8. The monoisotopic (exact) mass is 274 g/mol. The topological polar surface area (TPSA) is 88.3 Å². The van der Waals surface area contributed by atoms with Crippen molar-refractivity contribution >= 4 is 11.9 Å². The molecule has 0 unspecified atom stereocenters. The average Bonchev–Trinajstić information content (AvgIpc) is 3.08. The van der Waals surface area contributed by atoms with Crippen LogP contribution in [-0.4, -0.2) is 50.0 Å². The van der Waals surface area contributed by atoms with Crippen LogP contribution < -0.4 is 0 Å². The molecule has 0 aliphatic heterocycles. The lowest BCUT2D eigenvalue weighted by atomic mass is 10.3. The van der Waals surface area contributed by atoms with Crippen LogP contribution in [0.15, 0.2) is 0 Å². The molecule has 1 aromatic heterocycles. The largest absolute Gasteiger partial charge is 0.476 e. The molecule has 0 radical (unpaired) electrons. The van der Waals surface area contributed by atoms with Crippen molar-refractivity contribution in [3.05, 3.63) is 11.4 Å². The first-order chi connectivity index (χ1) is 8.91. The number of carboxylic acids is 1. The van der Waals surface area contributed by atoms with E-state index in [1.807, 2.05) is 0 Å². The summed E-state index contributed by atoms with van der Waals surface area (Å²) in [5.74, 6) is -1.99. The summed E-state index contributed by atoms with van der Waals surface area (Å²) >= 11 is 0. The Hall–Kier alpha value is -2.06. The zero-order valence-electron chi connectivity index (χ0n) is 10.1. The molecule has 2 rings (SSSR count). The summed E-state index contributed by atoms with van der Waals surface area (Å²) in [5.41, 5.74) is -1.66. The maximum Gasteiger partial charge on any atom is 0.358 e. The maximum atomic E-state index is 12.8. The molecule has 1 heterocycles. The molecule has 1 fully saturated rings. The summed E-state index contributed by atoms with van der Waals surface area (Å²) in [7, 11) is 1.58. The van der Waals surface area contributed by atoms with Gasteiger partial charge in [-0.1, -0.05) is 5.21 Å². The van der Waals surface area contributed by atoms with Gasteiger partial charge in [0.2, 0.25) is 5.91 Å². The number of halogens is 2. The number of nitrogens with zero attached hydrogens (tertiary/aromatic N) is 4. The van der Waals surface area contributed by atoms with E-state index in [9.17, 15) is 18.4 Å². The predicted molar refractivity (Wildman–Crippen MR) is 57.7 cm³/mol. The van der Waals surface area contributed by atoms with Crippen molar-refractivity contribution in [2.75, 3.05) is 7.05 Å². The molecule has 1 N–H and O–H groups in total. The van der Waals surface area contributed by atoms with Crippen molar-refractivity contribution in [1.82, 2.24) is 19.9 Å². The van der Waals surface area contributed by atoms with Crippen LogP contribution in [-0.2, 0) is 11.3 Å². The zero-order chi connectivity index (χ0) is 14.2. The molecule has 1 aliphatic rings. The van der Waals surface area contributed by atoms with Gasteiger partial charge in [-0.2, -0.15) is 0 Å². The first-order valence-electron chi connectivity index (χ1n) is 5.62. The van der Waals surface area contributed by atoms with Gasteiger partial charge in [0, 0.05) is 13.1 Å². The van der Waals surface area contributed by atoms with Crippen molar-refractivity contribution in [1.29, 1.82) is 0 Å². The predicted octanol–water partition coefficient (Wildman–Crippen LogP) is 0.535. The molecule has 1 saturated carbocycles. The highest BCUT2D eigenvalue weighted by molar-refractivity contribution is 5.86. The number of likely N-dealkylation sites (N-methyl/N-ethyl adjacent to an activating group) is 1. The number of aromatic nitrogens is 3. The average molecular weight is 274 g/mol. The molecule has 104 valence electrons. The third-order valence-corrected chi connectivity index (χ3v) is 2.96. The molecule has 0 bridgehead atoms. The lowest BCUT2D eigenvalue weighted by molar-refractivity contribution is -0.131. The van der Waals surface area contributed by atoms with Crippen LogP contribution in [0, 0.1) is 0 Å². The van der Waals surface area contributed by atoms with Crippen LogP contribution in [0.3, 0.4) is 0 Å². The van der Waals surface area contributed by atoms with Crippen LogP contribution in [0.25, 0.3) is 0 Å². The molecule has 7 nitrogen and oxygen atoms in total. The number of carbonyl (C=O) groups is 2. The van der Waals surface area contributed by atoms with Crippen molar-refractivity contribution < 1.29 is 23.5 Å². The Labute approximate surface area is 106 Å². The zero-order valence-corrected chi connectivity index (χ0v) is 10.1. The van der Waals surface area contributed by atoms with E-state index in [0.29, 0.717) is 4.68 Å². The second-order valence-corrected chi connectivity index (χ2v) is 4.32. The van der Waals surface area contributed by atoms with Gasteiger partial charge in [-0.05, 0) is 12.8 Å². The SMILES string of the molecule is CN(C(=O)Cn1nnc(C(=O)O)c1C(F)F)C1CC1. The van der Waals surface area contributed by atoms with E-state index < -0.39 is 36.2 Å². The first kappa shape index (κ1) is 13.4. The molecular weight excluding hydrogens is 262 g/mol. The van der Waals surface area contributed by atoms with Gasteiger partial charge in [0.05, 0.1) is 0 Å². The normalized spacial score (nSPS) is 14.7. The molecule has 19 heavy (non-hydrogen) atoms. The minimum Gasteiger partial charge on any atom is -0.476 e. The quantitative estimate of drug-likeness (QED) is 0.846. The van der Waals surface area contributed by atoms with E-state index >= 15 is 0 Å². The van der Waals surface area contributed by atoms with E-state index in [4.69, 9.17) is 5.11 Å². The molecule has 0 spiro atoms. The van der Waals surface area contributed by atoms with Gasteiger partial charge in [0.15, 0.2) is 5.69 Å². The van der Waals surface area contributed by atoms with E-state index in [2.05, 4.69) is 10.3 Å². The number of amides is 1. The highest BCUT2D eigenvalue weighted by Crippen LogP contribution is 2.26. The fraction of sp³-hybridized carbons (Fsp3) is 0.600. The lowest BCUT2D eigenvalue weighted by Crippen LogP contribution is -2.32. The van der Waals surface area contributed by atoms with E-state index in [0.717, 1.165) is 12.8 Å². The van der Waals surface area contributed by atoms with E-state index in [1.54, 1.807) is 7.05 Å². The van der Waals surface area contributed by atoms with Crippen LogP contribution in [0.1, 0.15) is 35.4 Å². The highest BCUT2D eigenvalue weighted by Gasteiger charge is 2.32. The summed E-state index contributed by atoms with van der Waals surface area (Å²) in [6, 6.07) is 0.143. The number of carbonyl (C=O) groups excluding carboxylic acids is 1. The van der Waals surface area contributed by atoms with Gasteiger partial charge in [-0.15, -0.1) is 5.10 Å². The van der Waals surface area contributed by atoms with E-state index in [-0.39, 0.29) is 6.04 Å². The fourth-order valence-corrected chi connectivity index (χ4v) is 1.71.